The Balaban J connectivity index is 0.685. The van der Waals surface area contributed by atoms with Crippen molar-refractivity contribution in [1.82, 2.24) is 50.4 Å². The molecule has 4 aliphatic rings. The summed E-state index contributed by atoms with van der Waals surface area (Å²) >= 11 is 1.46. The zero-order valence-corrected chi connectivity index (χ0v) is 49.6. The molecule has 5 amide bonds. The number of carbonyl (C=O) groups is 6. The van der Waals surface area contributed by atoms with E-state index in [9.17, 15) is 33.2 Å². The zero-order chi connectivity index (χ0) is 60.6. The molecule has 24 nitrogen and oxygen atoms in total. The Kier molecular flexibility index (Phi) is 22.9. The Hall–Kier alpha value is -7.41. The molecular formula is C59H76FN13O11S. The number of nitrogens with zero attached hydrogens (tertiary/aromatic N) is 9. The lowest BCUT2D eigenvalue weighted by atomic mass is 9.88. The third-order valence-electron chi connectivity index (χ3n) is 15.4. The van der Waals surface area contributed by atoms with Gasteiger partial charge >= 0.3 is 5.82 Å². The number of amides is 5. The maximum atomic E-state index is 14.5. The van der Waals surface area contributed by atoms with Gasteiger partial charge in [0.1, 0.15) is 24.0 Å². The molecule has 2 aromatic heterocycles. The second kappa shape index (κ2) is 30.6. The third kappa shape index (κ3) is 16.5. The van der Waals surface area contributed by atoms with Gasteiger partial charge in [0.15, 0.2) is 11.6 Å². The van der Waals surface area contributed by atoms with Gasteiger partial charge in [0.25, 0.3) is 11.8 Å². The fraction of sp³-hybridized carbons (Fsp3) is 0.542. The van der Waals surface area contributed by atoms with Gasteiger partial charge in [0, 0.05) is 62.1 Å². The summed E-state index contributed by atoms with van der Waals surface area (Å²) in [7, 11) is 3.35. The summed E-state index contributed by atoms with van der Waals surface area (Å²) in [4.78, 5) is 103. The van der Waals surface area contributed by atoms with E-state index in [0.29, 0.717) is 110 Å². The number of fused-ring (bicyclic) bond motifs is 5. The number of nitrogens with two attached hydrogens (primary N) is 1. The molecule has 5 N–H and O–H groups in total. The molecule has 0 spiro atoms. The van der Waals surface area contributed by atoms with Crippen molar-refractivity contribution in [3.05, 3.63) is 93.8 Å². The maximum absolute atomic E-state index is 14.5. The number of halogens is 1. The summed E-state index contributed by atoms with van der Waals surface area (Å²) in [6, 6.07) is 8.65. The molecule has 26 heteroatoms. The van der Waals surface area contributed by atoms with Crippen molar-refractivity contribution < 1.29 is 56.8 Å². The van der Waals surface area contributed by atoms with Gasteiger partial charge in [-0.05, 0) is 94.9 Å². The Morgan fingerprint density at radius 2 is 1.62 bits per heavy atom. The number of ether oxygens (including phenoxy) is 5. The number of anilines is 1. The highest BCUT2D eigenvalue weighted by atomic mass is 32.2. The highest BCUT2D eigenvalue weighted by Crippen LogP contribution is 2.38. The minimum absolute atomic E-state index is 0.0476. The average molecular weight is 1190 g/mol. The van der Waals surface area contributed by atoms with E-state index in [1.807, 2.05) is 19.1 Å². The van der Waals surface area contributed by atoms with Gasteiger partial charge in [-0.25, -0.2) is 14.4 Å². The van der Waals surface area contributed by atoms with Crippen molar-refractivity contribution in [2.24, 2.45) is 10.9 Å². The molecule has 2 saturated heterocycles. The monoisotopic (exact) mass is 1190 g/mol. The number of ketones is 1. The van der Waals surface area contributed by atoms with Crippen molar-refractivity contribution in [2.45, 2.75) is 103 Å². The summed E-state index contributed by atoms with van der Waals surface area (Å²) < 4.78 is 43.8. The smallest absolute Gasteiger partial charge is 0.305 e. The zero-order valence-electron chi connectivity index (χ0n) is 48.8. The Labute approximate surface area is 498 Å². The molecule has 0 aliphatic carbocycles. The summed E-state index contributed by atoms with van der Waals surface area (Å²) in [5, 5.41) is 14.1. The van der Waals surface area contributed by atoms with Gasteiger partial charge in [-0.1, -0.05) is 24.3 Å². The predicted molar refractivity (Wildman–Crippen MR) is 314 cm³/mol. The number of aromatic nitrogens is 4. The molecule has 2 bridgehead atoms. The van der Waals surface area contributed by atoms with Crippen LogP contribution in [0.15, 0.2) is 53.7 Å². The number of likely N-dealkylation sites (N-methyl/N-ethyl adjacent to an activating group) is 1. The van der Waals surface area contributed by atoms with Crippen LogP contribution in [0.4, 0.5) is 16.0 Å². The molecule has 1 unspecified atom stereocenters. The van der Waals surface area contributed by atoms with Crippen LogP contribution in [0.5, 0.6) is 5.88 Å². The van der Waals surface area contributed by atoms with Gasteiger partial charge in [0.05, 0.1) is 113 Å². The first-order valence-corrected chi connectivity index (χ1v) is 29.8. The van der Waals surface area contributed by atoms with Gasteiger partial charge in [-0.3, -0.25) is 33.8 Å². The van der Waals surface area contributed by atoms with Crippen LogP contribution in [0, 0.1) is 25.2 Å². The lowest BCUT2D eigenvalue weighted by Gasteiger charge is -2.38. The molecule has 85 heavy (non-hydrogen) atoms. The normalized spacial score (nSPS) is 18.7. The van der Waals surface area contributed by atoms with E-state index in [4.69, 9.17) is 41.0 Å². The lowest BCUT2D eigenvalue weighted by Crippen LogP contribution is -2.58. The number of likely N-dealkylation sites (tertiary alicyclic amines) is 2. The first-order valence-electron chi connectivity index (χ1n) is 28.8. The number of aryl methyl sites for hydroxylation is 1. The number of nitrogens with one attached hydrogen (secondary N) is 3. The fourth-order valence-corrected chi connectivity index (χ4v) is 11.8. The molecule has 0 radical (unpaired) electrons. The molecular weight excluding hydrogens is 1120 g/mol. The van der Waals surface area contributed by atoms with Crippen molar-refractivity contribution in [1.29, 1.82) is 0 Å². The molecule has 6 heterocycles. The number of nitrogen functional groups attached to an aromatic ring is 1. The minimum Gasteiger partial charge on any atom is -0.467 e. The Bertz CT molecular complexity index is 3100. The van der Waals surface area contributed by atoms with E-state index in [0.717, 1.165) is 12.0 Å². The third-order valence-corrected chi connectivity index (χ3v) is 16.6. The SMILES string of the molecule is [C-]#[N+]c1nn(CCNC(=O)CCOCCOCCOCCOCCC(=O)N2CCC([C@H](NC(=O)[C@H](C)NC)C(=O)N3CCC[C@H]3C3=NC(C(=O)c4ccc(F)cc4)CS3)CC2)c2c1-c1cnc(N)c(n1)O[C@H](C)c1cc(C)ccc1C(=O)N(C)C2. The molecule has 456 valence electrons. The highest BCUT2D eigenvalue weighted by Gasteiger charge is 2.43. The van der Waals surface area contributed by atoms with Crippen LogP contribution in [0.3, 0.4) is 0 Å². The van der Waals surface area contributed by atoms with Crippen LogP contribution in [0.2, 0.25) is 0 Å². The highest BCUT2D eigenvalue weighted by molar-refractivity contribution is 8.14. The number of aliphatic imine (C=N–C) groups is 1. The van der Waals surface area contributed by atoms with Gasteiger partial charge in [0.2, 0.25) is 23.6 Å². The number of hydrogen-bond acceptors (Lipinski definition) is 18. The molecule has 2 aromatic carbocycles. The Morgan fingerprint density at radius 1 is 0.941 bits per heavy atom. The van der Waals surface area contributed by atoms with Crippen molar-refractivity contribution in [3.63, 3.8) is 0 Å². The minimum atomic E-state index is -0.805. The molecule has 2 fully saturated rings. The number of benzene rings is 2. The van der Waals surface area contributed by atoms with Gasteiger partial charge < -0.3 is 64.9 Å². The number of piperidine rings is 1. The van der Waals surface area contributed by atoms with E-state index < -0.39 is 30.0 Å². The van der Waals surface area contributed by atoms with Crippen LogP contribution in [-0.2, 0) is 51.2 Å². The summed E-state index contributed by atoms with van der Waals surface area (Å²) in [6.45, 7) is 17.4. The van der Waals surface area contributed by atoms with Crippen LogP contribution in [0.1, 0.15) is 96.0 Å². The van der Waals surface area contributed by atoms with Crippen LogP contribution in [0.25, 0.3) is 16.1 Å². The van der Waals surface area contributed by atoms with E-state index in [1.54, 1.807) is 53.4 Å². The summed E-state index contributed by atoms with van der Waals surface area (Å²) in [5.74, 6) is -1.28. The predicted octanol–water partition coefficient (Wildman–Crippen LogP) is 4.33. The fourth-order valence-electron chi connectivity index (χ4n) is 10.6. The van der Waals surface area contributed by atoms with E-state index in [1.165, 1.54) is 42.2 Å². The van der Waals surface area contributed by atoms with Gasteiger partial charge in [-0.15, -0.1) is 11.8 Å². The van der Waals surface area contributed by atoms with Crippen LogP contribution < -0.4 is 26.4 Å². The number of rotatable bonds is 26. The van der Waals surface area contributed by atoms with Gasteiger partial charge in [-0.2, -0.15) is 4.68 Å². The van der Waals surface area contributed by atoms with E-state index in [-0.39, 0.29) is 124 Å². The number of thioether (sulfide) groups is 1. The quantitative estimate of drug-likeness (QED) is 0.0387. The largest absolute Gasteiger partial charge is 0.467 e. The average Bonchev–Trinajstić information content (AvgIpc) is 2.54. The van der Waals surface area contributed by atoms with Crippen molar-refractivity contribution in [3.8, 4) is 17.1 Å². The lowest BCUT2D eigenvalue weighted by molar-refractivity contribution is -0.140. The molecule has 4 aromatic rings. The first-order chi connectivity index (χ1) is 41.0. The standard InChI is InChI=1S/C59H76FN13O11S/c1-36-9-14-42-43(32-36)38(3)84-56-53(61)65-33-44(66-56)50-47(34-70(6)58(42)78)73(69-54(50)63-5)23-19-64-48(74)17-24-80-26-28-82-30-31-83-29-27-81-25-18-49(75)71-21-15-39(16-22-71)51(68-55(77)37(2)62-4)59(79)72-20-7-8-46(72)57-67-45(35-85-57)52(76)40-10-12-41(60)13-11-40/h9-14,32-33,37-39,45-46,51,62H,7-8,15-31,34-35H2,1-4,6H3,(H2,61,65)(H,64,74)(H,68,77)/t37-,38+,45?,46-,51-/m0/s1. The second-order valence-corrected chi connectivity index (χ2v) is 22.3. The molecule has 0 saturated carbocycles. The van der Waals surface area contributed by atoms with E-state index in [2.05, 4.69) is 35.9 Å². The summed E-state index contributed by atoms with van der Waals surface area (Å²) in [5.41, 5.74) is 9.84. The number of carbonyl (C=O) groups excluding carboxylic acids is 6. The van der Waals surface area contributed by atoms with Crippen molar-refractivity contribution >= 4 is 63.8 Å². The number of Topliss-reactive ketones (excluding diaryl/α,β-unsaturated/α-hetero) is 1. The topological polar surface area (TPSA) is 281 Å². The molecule has 5 atom stereocenters. The number of hydrogen-bond donors (Lipinski definition) is 4. The second-order valence-electron chi connectivity index (χ2n) is 21.3. The molecule has 8 rings (SSSR count). The molecule has 4 aliphatic heterocycles. The van der Waals surface area contributed by atoms with Crippen LogP contribution in [-0.4, -0.2) is 198 Å². The van der Waals surface area contributed by atoms with Crippen LogP contribution >= 0.6 is 11.8 Å². The Morgan fingerprint density at radius 3 is 2.31 bits per heavy atom. The first kappa shape index (κ1) is 63.6. The maximum Gasteiger partial charge on any atom is 0.305 e. The van der Waals surface area contributed by atoms with Crippen molar-refractivity contribution in [2.75, 3.05) is 105 Å². The van der Waals surface area contributed by atoms with E-state index >= 15 is 0 Å². The summed E-state index contributed by atoms with van der Waals surface area (Å²) in [6.07, 6.45) is 3.61.